The van der Waals surface area contributed by atoms with Gasteiger partial charge in [0.15, 0.2) is 0 Å². The molecule has 9 nitrogen and oxygen atoms in total. The van der Waals surface area contributed by atoms with Crippen molar-refractivity contribution >= 4 is 39.1 Å². The average Bonchev–Trinajstić information content (AvgIpc) is 3.13. The summed E-state index contributed by atoms with van der Waals surface area (Å²) in [6, 6.07) is 11.4. The number of methoxy groups -OCH3 is 1. The molecule has 4 rings (SSSR count). The minimum atomic E-state index is -3.72. The third-order valence-corrected chi connectivity index (χ3v) is 8.16. The SMILES string of the molecule is COCCN1C(=O)C(=O)C(=C(O)c2ccc(S(=O)(=O)N3CCOCC3)cc2)C1c1ccc(Cl)cc1. The number of halogens is 1. The first-order valence-electron chi connectivity index (χ1n) is 11.0. The number of aliphatic hydroxyl groups excluding tert-OH is 1. The molecule has 2 fully saturated rings. The number of sulfonamides is 1. The number of hydrogen-bond donors (Lipinski definition) is 1. The topological polar surface area (TPSA) is 113 Å². The van der Waals surface area contributed by atoms with Gasteiger partial charge in [0.05, 0.1) is 36.3 Å². The van der Waals surface area contributed by atoms with Crippen molar-refractivity contribution in [1.82, 2.24) is 9.21 Å². The lowest BCUT2D eigenvalue weighted by atomic mass is 9.95. The van der Waals surface area contributed by atoms with Crippen molar-refractivity contribution < 1.29 is 32.6 Å². The second-order valence-electron chi connectivity index (χ2n) is 8.08. The molecule has 1 unspecified atom stereocenters. The van der Waals surface area contributed by atoms with E-state index < -0.39 is 33.5 Å². The Balaban J connectivity index is 1.73. The molecule has 1 atom stereocenters. The number of nitrogens with zero attached hydrogens (tertiary/aromatic N) is 2. The van der Waals surface area contributed by atoms with Crippen LogP contribution < -0.4 is 0 Å². The van der Waals surface area contributed by atoms with Crippen molar-refractivity contribution in [2.45, 2.75) is 10.9 Å². The summed E-state index contributed by atoms with van der Waals surface area (Å²) >= 11 is 6.01. The Kier molecular flexibility index (Phi) is 7.58. The maximum atomic E-state index is 13.0. The molecule has 0 spiro atoms. The van der Waals surface area contributed by atoms with E-state index >= 15 is 0 Å². The Labute approximate surface area is 208 Å². The Bertz CT molecular complexity index is 1240. The second kappa shape index (κ2) is 10.5. The zero-order valence-electron chi connectivity index (χ0n) is 19.0. The molecule has 2 aromatic carbocycles. The highest BCUT2D eigenvalue weighted by Crippen LogP contribution is 2.39. The summed E-state index contributed by atoms with van der Waals surface area (Å²) in [4.78, 5) is 27.2. The molecule has 2 heterocycles. The summed E-state index contributed by atoms with van der Waals surface area (Å²) in [5.74, 6) is -1.97. The van der Waals surface area contributed by atoms with E-state index in [1.165, 1.54) is 40.6 Å². The summed E-state index contributed by atoms with van der Waals surface area (Å²) < 4.78 is 37.4. The summed E-state index contributed by atoms with van der Waals surface area (Å²) in [7, 11) is -2.23. The largest absolute Gasteiger partial charge is 0.507 e. The van der Waals surface area contributed by atoms with E-state index in [1.807, 2.05) is 0 Å². The van der Waals surface area contributed by atoms with Crippen LogP contribution in [0.1, 0.15) is 17.2 Å². The number of carbonyl (C=O) groups is 2. The Morgan fingerprint density at radius 1 is 1.09 bits per heavy atom. The van der Waals surface area contributed by atoms with Crippen LogP contribution in [0.15, 0.2) is 59.0 Å². The van der Waals surface area contributed by atoms with Gasteiger partial charge in [0.1, 0.15) is 5.76 Å². The molecule has 1 N–H and O–H groups in total. The molecule has 0 aliphatic carbocycles. The molecule has 0 aromatic heterocycles. The number of benzene rings is 2. The first kappa shape index (κ1) is 25.3. The van der Waals surface area contributed by atoms with Gasteiger partial charge in [0.2, 0.25) is 10.0 Å². The molecule has 0 bridgehead atoms. The highest BCUT2D eigenvalue weighted by molar-refractivity contribution is 7.89. The van der Waals surface area contributed by atoms with E-state index in [4.69, 9.17) is 21.1 Å². The third-order valence-electron chi connectivity index (χ3n) is 6.00. The van der Waals surface area contributed by atoms with Crippen LogP contribution in [0.5, 0.6) is 0 Å². The fourth-order valence-electron chi connectivity index (χ4n) is 4.17. The highest BCUT2D eigenvalue weighted by Gasteiger charge is 2.45. The molecule has 2 aromatic rings. The summed E-state index contributed by atoms with van der Waals surface area (Å²) in [6.45, 7) is 1.51. The van der Waals surface area contributed by atoms with E-state index in [0.29, 0.717) is 23.8 Å². The van der Waals surface area contributed by atoms with E-state index in [2.05, 4.69) is 0 Å². The van der Waals surface area contributed by atoms with Crippen LogP contribution in [-0.2, 0) is 29.1 Å². The van der Waals surface area contributed by atoms with Crippen LogP contribution >= 0.6 is 11.6 Å². The number of rotatable bonds is 7. The van der Waals surface area contributed by atoms with Gasteiger partial charge in [-0.15, -0.1) is 0 Å². The number of amides is 1. The molecule has 186 valence electrons. The van der Waals surface area contributed by atoms with Gasteiger partial charge in [-0.1, -0.05) is 23.7 Å². The molecule has 2 aliphatic heterocycles. The highest BCUT2D eigenvalue weighted by atomic mass is 35.5. The minimum Gasteiger partial charge on any atom is -0.507 e. The van der Waals surface area contributed by atoms with Gasteiger partial charge >= 0.3 is 0 Å². The van der Waals surface area contributed by atoms with Crippen molar-refractivity contribution in [1.29, 1.82) is 0 Å². The minimum absolute atomic E-state index is 0.0609. The maximum absolute atomic E-state index is 13.0. The standard InChI is InChI=1S/C24H25ClN2O7S/c1-33-13-12-27-21(16-2-6-18(25)7-3-16)20(23(29)24(27)30)22(28)17-4-8-19(9-5-17)35(31,32)26-10-14-34-15-11-26/h2-9,21,28H,10-15H2,1H3. The molecule has 35 heavy (non-hydrogen) atoms. The van der Waals surface area contributed by atoms with Gasteiger partial charge in [0, 0.05) is 37.3 Å². The number of ether oxygens (including phenoxy) is 2. The van der Waals surface area contributed by atoms with Crippen molar-refractivity contribution in [2.75, 3.05) is 46.6 Å². The zero-order valence-corrected chi connectivity index (χ0v) is 20.6. The zero-order chi connectivity index (χ0) is 25.2. The Morgan fingerprint density at radius 3 is 2.31 bits per heavy atom. The van der Waals surface area contributed by atoms with Crippen LogP contribution in [0.2, 0.25) is 5.02 Å². The van der Waals surface area contributed by atoms with E-state index in [0.717, 1.165) is 0 Å². The molecular weight excluding hydrogens is 496 g/mol. The number of hydrogen-bond acceptors (Lipinski definition) is 7. The van der Waals surface area contributed by atoms with Crippen molar-refractivity contribution in [2.24, 2.45) is 0 Å². The Morgan fingerprint density at radius 2 is 1.71 bits per heavy atom. The molecule has 1 amide bonds. The average molecular weight is 521 g/mol. The first-order chi connectivity index (χ1) is 16.8. The fraction of sp³-hybridized carbons (Fsp3) is 0.333. The van der Waals surface area contributed by atoms with Gasteiger partial charge in [-0.05, 0) is 42.0 Å². The summed E-state index contributed by atoms with van der Waals surface area (Å²) in [5, 5.41) is 11.6. The number of morpholine rings is 1. The van der Waals surface area contributed by atoms with Crippen LogP contribution in [0.4, 0.5) is 0 Å². The number of likely N-dealkylation sites (tertiary alicyclic amines) is 1. The molecule has 11 heteroatoms. The molecule has 0 saturated carbocycles. The second-order valence-corrected chi connectivity index (χ2v) is 10.5. The van der Waals surface area contributed by atoms with Crippen LogP contribution in [0.25, 0.3) is 5.76 Å². The normalized spacial score (nSPS) is 21.0. The van der Waals surface area contributed by atoms with Gasteiger partial charge in [-0.2, -0.15) is 4.31 Å². The van der Waals surface area contributed by atoms with Crippen LogP contribution in [0.3, 0.4) is 0 Å². The first-order valence-corrected chi connectivity index (χ1v) is 12.8. The fourth-order valence-corrected chi connectivity index (χ4v) is 5.70. The molecular formula is C24H25ClN2O7S. The van der Waals surface area contributed by atoms with Crippen LogP contribution in [0, 0.1) is 0 Å². The molecule has 2 saturated heterocycles. The number of ketones is 1. The Hall–Kier alpha value is -2.76. The molecule has 0 radical (unpaired) electrons. The van der Waals surface area contributed by atoms with Gasteiger partial charge in [0.25, 0.3) is 11.7 Å². The number of aliphatic hydroxyl groups is 1. The van der Waals surface area contributed by atoms with Gasteiger partial charge in [-0.3, -0.25) is 9.59 Å². The predicted molar refractivity (Wildman–Crippen MR) is 128 cm³/mol. The third kappa shape index (κ3) is 4.98. The summed E-state index contributed by atoms with van der Waals surface area (Å²) in [5.41, 5.74) is 0.726. The lowest BCUT2D eigenvalue weighted by molar-refractivity contribution is -0.140. The van der Waals surface area contributed by atoms with E-state index in [9.17, 15) is 23.1 Å². The van der Waals surface area contributed by atoms with Crippen molar-refractivity contribution in [3.05, 3.63) is 70.3 Å². The van der Waals surface area contributed by atoms with Crippen molar-refractivity contribution in [3.63, 3.8) is 0 Å². The predicted octanol–water partition coefficient (Wildman–Crippen LogP) is 2.43. The van der Waals surface area contributed by atoms with Crippen molar-refractivity contribution in [3.8, 4) is 0 Å². The molecule has 2 aliphatic rings. The lowest BCUT2D eigenvalue weighted by Gasteiger charge is -2.26. The number of Topliss-reactive ketones (excluding diaryl/α,β-unsaturated/α-hetero) is 1. The quantitative estimate of drug-likeness (QED) is 0.339. The van der Waals surface area contributed by atoms with Gasteiger partial charge < -0.3 is 19.5 Å². The lowest BCUT2D eigenvalue weighted by Crippen LogP contribution is -2.40. The maximum Gasteiger partial charge on any atom is 0.295 e. The monoisotopic (exact) mass is 520 g/mol. The number of carbonyl (C=O) groups excluding carboxylic acids is 2. The van der Waals surface area contributed by atoms with E-state index in [-0.39, 0.29) is 42.3 Å². The smallest absolute Gasteiger partial charge is 0.295 e. The van der Waals surface area contributed by atoms with E-state index in [1.54, 1.807) is 24.3 Å². The summed E-state index contributed by atoms with van der Waals surface area (Å²) in [6.07, 6.45) is 0. The van der Waals surface area contributed by atoms with Crippen LogP contribution in [-0.4, -0.2) is 81.0 Å². The van der Waals surface area contributed by atoms with Gasteiger partial charge in [-0.25, -0.2) is 8.42 Å².